The molecule has 0 aliphatic rings. The third-order valence-electron chi connectivity index (χ3n) is 4.61. The summed E-state index contributed by atoms with van der Waals surface area (Å²) in [5, 5.41) is 25.6. The average molecular weight is 397 g/mol. The molecule has 144 valence electrons. The van der Waals surface area contributed by atoms with Gasteiger partial charge < -0.3 is 10.4 Å². The molecule has 2 N–H and O–H groups in total. The molecule has 0 saturated carbocycles. The molecule has 28 heavy (non-hydrogen) atoms. The van der Waals surface area contributed by atoms with E-state index in [1.54, 1.807) is 24.3 Å². The summed E-state index contributed by atoms with van der Waals surface area (Å²) < 4.78 is 0. The number of aliphatic hydroxyl groups is 1. The highest BCUT2D eigenvalue weighted by Crippen LogP contribution is 2.31. The zero-order chi connectivity index (χ0) is 20.1. The van der Waals surface area contributed by atoms with E-state index in [0.29, 0.717) is 11.4 Å². The van der Waals surface area contributed by atoms with Crippen molar-refractivity contribution in [3.63, 3.8) is 0 Å². The Bertz CT molecular complexity index is 926. The van der Waals surface area contributed by atoms with Crippen LogP contribution in [0.25, 0.3) is 0 Å². The van der Waals surface area contributed by atoms with Crippen molar-refractivity contribution >= 4 is 23.0 Å². The lowest BCUT2D eigenvalue weighted by molar-refractivity contribution is -0.384. The molecule has 6 heteroatoms. The Morgan fingerprint density at radius 3 is 2.11 bits per heavy atom. The number of hydrogen-bond acceptors (Lipinski definition) is 4. The molecule has 0 aliphatic heterocycles. The van der Waals surface area contributed by atoms with Gasteiger partial charge in [0.2, 0.25) is 0 Å². The first-order chi connectivity index (χ1) is 13.4. The van der Waals surface area contributed by atoms with Crippen LogP contribution in [-0.4, -0.2) is 10.0 Å². The van der Waals surface area contributed by atoms with Gasteiger partial charge in [0.05, 0.1) is 17.1 Å². The van der Waals surface area contributed by atoms with E-state index in [2.05, 4.69) is 5.32 Å². The number of aliphatic hydroxyl groups excluding tert-OH is 1. The van der Waals surface area contributed by atoms with Gasteiger partial charge in [0, 0.05) is 29.3 Å². The number of non-ortho nitro benzene ring substituents is 1. The predicted octanol–water partition coefficient (Wildman–Crippen LogP) is 5.83. The maximum absolute atomic E-state index is 10.9. The summed E-state index contributed by atoms with van der Waals surface area (Å²) in [7, 11) is 0. The van der Waals surface area contributed by atoms with Crippen molar-refractivity contribution in [2.75, 3.05) is 5.32 Å². The van der Waals surface area contributed by atoms with Crippen molar-refractivity contribution in [1.29, 1.82) is 0 Å². The highest BCUT2D eigenvalue weighted by molar-refractivity contribution is 6.30. The monoisotopic (exact) mass is 396 g/mol. The van der Waals surface area contributed by atoms with Gasteiger partial charge in [0.15, 0.2) is 0 Å². The van der Waals surface area contributed by atoms with Crippen molar-refractivity contribution in [1.82, 2.24) is 0 Å². The van der Waals surface area contributed by atoms with Gasteiger partial charge in [-0.05, 0) is 42.3 Å². The first-order valence-corrected chi connectivity index (χ1v) is 9.31. The van der Waals surface area contributed by atoms with E-state index in [-0.39, 0.29) is 11.7 Å². The zero-order valence-electron chi connectivity index (χ0n) is 15.4. The molecule has 0 amide bonds. The Morgan fingerprint density at radius 2 is 1.54 bits per heavy atom. The maximum atomic E-state index is 10.9. The molecule has 0 bridgehead atoms. The van der Waals surface area contributed by atoms with Crippen molar-refractivity contribution in [3.8, 4) is 0 Å². The molecule has 0 saturated heterocycles. The van der Waals surface area contributed by atoms with Gasteiger partial charge in [0.25, 0.3) is 5.69 Å². The van der Waals surface area contributed by atoms with Gasteiger partial charge in [-0.1, -0.05) is 53.6 Å². The molecule has 3 rings (SSSR count). The lowest BCUT2D eigenvalue weighted by atomic mass is 9.96. The van der Waals surface area contributed by atoms with E-state index in [9.17, 15) is 15.2 Å². The van der Waals surface area contributed by atoms with Gasteiger partial charge in [0.1, 0.15) is 0 Å². The van der Waals surface area contributed by atoms with E-state index in [0.717, 1.165) is 22.4 Å². The van der Waals surface area contributed by atoms with Crippen molar-refractivity contribution in [3.05, 3.63) is 105 Å². The average Bonchev–Trinajstić information content (AvgIpc) is 2.69. The molecule has 0 aromatic heterocycles. The molecule has 0 spiro atoms. The van der Waals surface area contributed by atoms with E-state index >= 15 is 0 Å². The fraction of sp³-hybridized carbons (Fsp3) is 0.182. The first-order valence-electron chi connectivity index (χ1n) is 8.93. The van der Waals surface area contributed by atoms with Gasteiger partial charge in [-0.2, -0.15) is 0 Å². The lowest BCUT2D eigenvalue weighted by Crippen LogP contribution is -2.15. The number of halogens is 1. The van der Waals surface area contributed by atoms with Gasteiger partial charge in [-0.3, -0.25) is 10.1 Å². The number of hydrogen-bond donors (Lipinski definition) is 2. The Morgan fingerprint density at radius 1 is 0.964 bits per heavy atom. The Kier molecular flexibility index (Phi) is 6.29. The smallest absolute Gasteiger partial charge is 0.269 e. The summed E-state index contributed by atoms with van der Waals surface area (Å²) >= 11 is 5.93. The summed E-state index contributed by atoms with van der Waals surface area (Å²) in [6.45, 7) is 2.02. The van der Waals surface area contributed by atoms with E-state index in [1.165, 1.54) is 12.1 Å². The normalized spacial score (nSPS) is 13.0. The van der Waals surface area contributed by atoms with Crippen LogP contribution in [0.3, 0.4) is 0 Å². The molecular formula is C22H21ClN2O3. The second kappa shape index (κ2) is 8.87. The molecule has 5 nitrogen and oxygen atoms in total. The first kappa shape index (κ1) is 19.9. The van der Waals surface area contributed by atoms with Crippen LogP contribution in [0.4, 0.5) is 11.4 Å². The number of aryl methyl sites for hydroxylation is 1. The van der Waals surface area contributed by atoms with E-state index in [4.69, 9.17) is 11.6 Å². The highest BCUT2D eigenvalue weighted by Gasteiger charge is 2.18. The predicted molar refractivity (Wildman–Crippen MR) is 112 cm³/mol. The minimum absolute atomic E-state index is 0.0404. The topological polar surface area (TPSA) is 75.4 Å². The van der Waals surface area contributed by atoms with Crippen LogP contribution in [0.1, 0.15) is 35.3 Å². The quantitative estimate of drug-likeness (QED) is 0.389. The number of nitrogens with zero attached hydrogens (tertiary/aromatic N) is 1. The van der Waals surface area contributed by atoms with Crippen LogP contribution < -0.4 is 5.32 Å². The standard InChI is InChI=1S/C22H21ClN2O3/c1-15-2-4-16(5-3-15)21(14-22(26)17-6-8-18(23)9-7-17)24-19-10-12-20(13-11-19)25(27)28/h2-13,21-22,24,26H,14H2,1H3. The number of anilines is 1. The molecule has 3 aromatic carbocycles. The minimum atomic E-state index is -0.686. The molecule has 2 unspecified atom stereocenters. The summed E-state index contributed by atoms with van der Waals surface area (Å²) in [5.41, 5.74) is 3.75. The van der Waals surface area contributed by atoms with Crippen LogP contribution in [-0.2, 0) is 0 Å². The lowest BCUT2D eigenvalue weighted by Gasteiger charge is -2.24. The highest BCUT2D eigenvalue weighted by atomic mass is 35.5. The number of nitrogens with one attached hydrogen (secondary N) is 1. The third-order valence-corrected chi connectivity index (χ3v) is 4.86. The van der Waals surface area contributed by atoms with E-state index < -0.39 is 11.0 Å². The molecule has 3 aromatic rings. The van der Waals surface area contributed by atoms with Crippen LogP contribution >= 0.6 is 11.6 Å². The third kappa shape index (κ3) is 5.09. The fourth-order valence-electron chi connectivity index (χ4n) is 3.00. The number of nitro benzene ring substituents is 1. The van der Waals surface area contributed by atoms with Crippen LogP contribution in [0.15, 0.2) is 72.8 Å². The Balaban J connectivity index is 1.83. The van der Waals surface area contributed by atoms with E-state index in [1.807, 2.05) is 43.3 Å². The Hall–Kier alpha value is -2.89. The Labute approximate surface area is 168 Å². The second-order valence-corrected chi connectivity index (χ2v) is 7.15. The summed E-state index contributed by atoms with van der Waals surface area (Å²) in [6, 6.07) is 21.3. The van der Waals surface area contributed by atoms with Gasteiger partial charge in [-0.25, -0.2) is 0 Å². The van der Waals surface area contributed by atoms with Crippen LogP contribution in [0.2, 0.25) is 5.02 Å². The molecule has 0 radical (unpaired) electrons. The van der Waals surface area contributed by atoms with Crippen molar-refractivity contribution in [2.24, 2.45) is 0 Å². The van der Waals surface area contributed by atoms with Crippen LogP contribution in [0, 0.1) is 17.0 Å². The number of nitro groups is 1. The van der Waals surface area contributed by atoms with Gasteiger partial charge in [-0.15, -0.1) is 0 Å². The van der Waals surface area contributed by atoms with Crippen molar-refractivity contribution < 1.29 is 10.0 Å². The minimum Gasteiger partial charge on any atom is -0.388 e. The number of rotatable bonds is 7. The molecular weight excluding hydrogens is 376 g/mol. The molecule has 0 aliphatic carbocycles. The second-order valence-electron chi connectivity index (χ2n) is 6.71. The maximum Gasteiger partial charge on any atom is 0.269 e. The molecule has 0 fully saturated rings. The summed E-state index contributed by atoms with van der Waals surface area (Å²) in [4.78, 5) is 10.4. The fourth-order valence-corrected chi connectivity index (χ4v) is 3.13. The zero-order valence-corrected chi connectivity index (χ0v) is 16.1. The SMILES string of the molecule is Cc1ccc(C(CC(O)c2ccc(Cl)cc2)Nc2ccc([N+](=O)[O-])cc2)cc1. The van der Waals surface area contributed by atoms with Gasteiger partial charge >= 0.3 is 0 Å². The van der Waals surface area contributed by atoms with Crippen LogP contribution in [0.5, 0.6) is 0 Å². The summed E-state index contributed by atoms with van der Waals surface area (Å²) in [5.74, 6) is 0. The number of benzene rings is 3. The molecule has 2 atom stereocenters. The summed E-state index contributed by atoms with van der Waals surface area (Å²) in [6.07, 6.45) is -0.254. The largest absolute Gasteiger partial charge is 0.388 e. The molecule has 0 heterocycles. The van der Waals surface area contributed by atoms with Crippen molar-refractivity contribution in [2.45, 2.75) is 25.5 Å².